The van der Waals surface area contributed by atoms with E-state index in [2.05, 4.69) is 0 Å². The molecule has 0 amide bonds. The van der Waals surface area contributed by atoms with E-state index in [-0.39, 0.29) is 0 Å². The summed E-state index contributed by atoms with van der Waals surface area (Å²) in [6.45, 7) is 2.04. The first kappa shape index (κ1) is 11.7. The molecule has 3 rings (SSSR count). The summed E-state index contributed by atoms with van der Waals surface area (Å²) in [7, 11) is 2.27. The summed E-state index contributed by atoms with van der Waals surface area (Å²) in [5, 5.41) is 0. The van der Waals surface area contributed by atoms with E-state index in [1.807, 2.05) is 65.4 Å². The van der Waals surface area contributed by atoms with Crippen molar-refractivity contribution < 1.29 is 8.78 Å². The van der Waals surface area contributed by atoms with Gasteiger partial charge >= 0.3 is 5.82 Å². The topological polar surface area (TPSA) is 24.2 Å². The number of aromatic nitrogens is 1. The molecule has 3 nitrogen and oxygen atoms in total. The number of hydrogen-bond donors (Lipinski definition) is 0. The lowest BCUT2D eigenvalue weighted by Crippen LogP contribution is -2.35. The predicted molar refractivity (Wildman–Crippen MR) is 74.9 cm³/mol. The lowest BCUT2D eigenvalue weighted by Gasteiger charge is -2.11. The van der Waals surface area contributed by atoms with Crippen molar-refractivity contribution in [3.63, 3.8) is 0 Å². The molecule has 1 aliphatic heterocycles. The number of hydrogen-bond acceptors (Lipinski definition) is 2. The molecule has 2 aromatic rings. The van der Waals surface area contributed by atoms with Crippen molar-refractivity contribution in [1.82, 2.24) is 0 Å². The molecule has 5 heteroatoms. The number of anilines is 2. The van der Waals surface area contributed by atoms with Crippen LogP contribution < -0.4 is 8.87 Å². The Kier molecular flexibility index (Phi) is 2.87. The van der Waals surface area contributed by atoms with Gasteiger partial charge in [0, 0.05) is 10.8 Å². The van der Waals surface area contributed by atoms with Crippen LogP contribution in [0, 0.1) is 6.92 Å². The molecule has 1 unspecified atom stereocenters. The first-order chi connectivity index (χ1) is 8.68. The van der Waals surface area contributed by atoms with E-state index in [1.165, 1.54) is 10.8 Å². The Labute approximate surface area is 112 Å². The molecule has 0 fully saturated rings. The van der Waals surface area contributed by atoms with Gasteiger partial charge in [-0.05, 0) is 30.7 Å². The van der Waals surface area contributed by atoms with Crippen LogP contribution in [0.1, 0.15) is 5.56 Å². The fraction of sp³-hybridized carbons (Fsp3) is 0.154. The molecule has 0 bridgehead atoms. The Morgan fingerprint density at radius 2 is 2.00 bits per heavy atom. The maximum absolute atomic E-state index is 12.3. The SMILES string of the molecule is Cc1ccccc1N1c2c(ccc[n+]2C)SS1=O. The van der Waals surface area contributed by atoms with Gasteiger partial charge in [0.2, 0.25) is 0 Å². The van der Waals surface area contributed by atoms with Gasteiger partial charge in [-0.15, -0.1) is 4.31 Å². The average molecular weight is 277 g/mol. The summed E-state index contributed by atoms with van der Waals surface area (Å²) in [5.41, 5.74) is 2.13. The molecule has 1 aromatic heterocycles. The number of benzene rings is 1. The smallest absolute Gasteiger partial charge is 0.235 e. The molecule has 18 heavy (non-hydrogen) atoms. The first-order valence-corrected chi connectivity index (χ1v) is 8.07. The van der Waals surface area contributed by atoms with Crippen molar-refractivity contribution in [3.8, 4) is 0 Å². The Morgan fingerprint density at radius 1 is 1.22 bits per heavy atom. The zero-order valence-electron chi connectivity index (χ0n) is 10.2. The van der Waals surface area contributed by atoms with Crippen LogP contribution in [0.25, 0.3) is 0 Å². The van der Waals surface area contributed by atoms with E-state index in [4.69, 9.17) is 0 Å². The third-order valence-corrected chi connectivity index (χ3v) is 5.67. The van der Waals surface area contributed by atoms with Gasteiger partial charge < -0.3 is 0 Å². The highest BCUT2D eigenvalue weighted by Gasteiger charge is 2.39. The summed E-state index contributed by atoms with van der Waals surface area (Å²) in [5.74, 6) is 0.995. The molecule has 0 radical (unpaired) electrons. The molecule has 0 saturated carbocycles. The van der Waals surface area contributed by atoms with Crippen molar-refractivity contribution in [1.29, 1.82) is 0 Å². The van der Waals surface area contributed by atoms with Crippen molar-refractivity contribution in [2.45, 2.75) is 11.8 Å². The van der Waals surface area contributed by atoms with Gasteiger partial charge in [0.05, 0.1) is 13.2 Å². The second-order valence-electron chi connectivity index (χ2n) is 4.19. The van der Waals surface area contributed by atoms with Crippen molar-refractivity contribution >= 4 is 32.3 Å². The third kappa shape index (κ3) is 1.74. The highest BCUT2D eigenvalue weighted by molar-refractivity contribution is 8.70. The van der Waals surface area contributed by atoms with Gasteiger partial charge in [-0.25, -0.2) is 4.57 Å². The van der Waals surface area contributed by atoms with Crippen molar-refractivity contribution in [3.05, 3.63) is 48.2 Å². The Bertz CT molecular complexity index is 643. The molecular formula is C13H13N2OS2+. The van der Waals surface area contributed by atoms with E-state index in [0.717, 1.165) is 22.0 Å². The number of nitrogens with zero attached hydrogens (tertiary/aromatic N) is 2. The van der Waals surface area contributed by atoms with Gasteiger partial charge in [-0.1, -0.05) is 18.2 Å². The van der Waals surface area contributed by atoms with Crippen LogP contribution in [0.3, 0.4) is 0 Å². The maximum Gasteiger partial charge on any atom is 0.310 e. The lowest BCUT2D eigenvalue weighted by molar-refractivity contribution is -0.659. The Morgan fingerprint density at radius 3 is 2.78 bits per heavy atom. The minimum absolute atomic E-state index is 0.995. The number of aryl methyl sites for hydroxylation is 2. The molecule has 0 aliphatic carbocycles. The lowest BCUT2D eigenvalue weighted by atomic mass is 10.2. The first-order valence-electron chi connectivity index (χ1n) is 5.63. The van der Waals surface area contributed by atoms with E-state index < -0.39 is 10.0 Å². The van der Waals surface area contributed by atoms with Crippen LogP contribution in [0.5, 0.6) is 0 Å². The standard InChI is InChI=1S/C13H13N2OS2/c1-10-6-3-4-7-11(10)15-13-12(17-18(15)16)8-5-9-14(13)2/h3-9H,1-2H3/q+1. The van der Waals surface area contributed by atoms with Crippen LogP contribution >= 0.6 is 10.8 Å². The molecule has 0 saturated heterocycles. The molecular weight excluding hydrogens is 264 g/mol. The summed E-state index contributed by atoms with van der Waals surface area (Å²) in [4.78, 5) is 1.06. The molecule has 92 valence electrons. The molecule has 1 atom stereocenters. The van der Waals surface area contributed by atoms with E-state index in [0.29, 0.717) is 0 Å². The average Bonchev–Trinajstić information content (AvgIpc) is 2.68. The Hall–Kier alpha value is -1.33. The van der Waals surface area contributed by atoms with Crippen LogP contribution in [-0.4, -0.2) is 4.21 Å². The van der Waals surface area contributed by atoms with Crippen LogP contribution in [0.4, 0.5) is 11.5 Å². The van der Waals surface area contributed by atoms with Gasteiger partial charge in [0.15, 0.2) is 0 Å². The number of pyridine rings is 1. The fourth-order valence-corrected chi connectivity index (χ4v) is 5.05. The highest BCUT2D eigenvalue weighted by Crippen LogP contribution is 2.44. The third-order valence-electron chi connectivity index (χ3n) is 2.95. The molecule has 0 N–H and O–H groups in total. The van der Waals surface area contributed by atoms with E-state index >= 15 is 0 Å². The van der Waals surface area contributed by atoms with Gasteiger partial charge in [-0.3, -0.25) is 0 Å². The van der Waals surface area contributed by atoms with Crippen LogP contribution in [0.2, 0.25) is 0 Å². The summed E-state index contributed by atoms with van der Waals surface area (Å²) < 4.78 is 16.2. The molecule has 2 heterocycles. The quantitative estimate of drug-likeness (QED) is 0.591. The van der Waals surface area contributed by atoms with E-state index in [1.54, 1.807) is 0 Å². The zero-order chi connectivity index (χ0) is 12.7. The number of rotatable bonds is 1. The van der Waals surface area contributed by atoms with Gasteiger partial charge in [0.25, 0.3) is 10.0 Å². The fourth-order valence-electron chi connectivity index (χ4n) is 2.06. The van der Waals surface area contributed by atoms with E-state index in [9.17, 15) is 4.21 Å². The summed E-state index contributed by atoms with van der Waals surface area (Å²) in [6.07, 6.45) is 1.98. The largest absolute Gasteiger partial charge is 0.310 e. The summed E-state index contributed by atoms with van der Waals surface area (Å²) >= 11 is 0. The predicted octanol–water partition coefficient (Wildman–Crippen LogP) is 2.64. The zero-order valence-corrected chi connectivity index (χ0v) is 11.8. The van der Waals surface area contributed by atoms with Gasteiger partial charge in [0.1, 0.15) is 10.6 Å². The second-order valence-corrected chi connectivity index (χ2v) is 6.95. The molecule has 1 aromatic carbocycles. The molecule has 1 aliphatic rings. The van der Waals surface area contributed by atoms with Crippen molar-refractivity contribution in [2.24, 2.45) is 7.05 Å². The van der Waals surface area contributed by atoms with Crippen molar-refractivity contribution in [2.75, 3.05) is 4.31 Å². The molecule has 0 spiro atoms. The van der Waals surface area contributed by atoms with Crippen LogP contribution in [-0.2, 0) is 17.1 Å². The highest BCUT2D eigenvalue weighted by atomic mass is 33.1. The monoisotopic (exact) mass is 277 g/mol. The number of fused-ring (bicyclic) bond motifs is 1. The van der Waals surface area contributed by atoms with Gasteiger partial charge in [-0.2, -0.15) is 4.21 Å². The number of para-hydroxylation sites is 1. The summed E-state index contributed by atoms with van der Waals surface area (Å²) in [6, 6.07) is 12.0. The minimum atomic E-state index is -1.10. The Balaban J connectivity index is 2.21. The minimum Gasteiger partial charge on any atom is -0.235 e. The second kappa shape index (κ2) is 4.40. The normalized spacial score (nSPS) is 17.9. The maximum atomic E-state index is 12.3. The van der Waals surface area contributed by atoms with Crippen LogP contribution in [0.15, 0.2) is 47.5 Å².